The van der Waals surface area contributed by atoms with Crippen molar-refractivity contribution in [1.82, 2.24) is 4.90 Å². The van der Waals surface area contributed by atoms with E-state index in [1.165, 1.54) is 0 Å². The molecule has 100 valence electrons. The Morgan fingerprint density at radius 2 is 1.88 bits per heavy atom. The molecule has 17 heavy (non-hydrogen) atoms. The van der Waals surface area contributed by atoms with Gasteiger partial charge < -0.3 is 5.11 Å². The van der Waals surface area contributed by atoms with Gasteiger partial charge in [-0.3, -0.25) is 4.90 Å². The number of aliphatic hydroxyl groups is 1. The number of rotatable bonds is 1. The van der Waals surface area contributed by atoms with Crippen LogP contribution < -0.4 is 0 Å². The molecular weight excluding hydrogens is 238 g/mol. The van der Waals surface area contributed by atoms with E-state index in [1.807, 2.05) is 0 Å². The number of aliphatic hydroxyl groups excluding tert-OH is 1. The van der Waals surface area contributed by atoms with Crippen molar-refractivity contribution in [3.05, 3.63) is 0 Å². The van der Waals surface area contributed by atoms with Crippen molar-refractivity contribution in [3.8, 4) is 0 Å². The highest BCUT2D eigenvalue weighted by atomic mass is 32.2. The average molecular weight is 261 g/mol. The summed E-state index contributed by atoms with van der Waals surface area (Å²) in [7, 11) is -2.97. The molecule has 1 N–H and O–H groups in total. The van der Waals surface area contributed by atoms with Crippen molar-refractivity contribution < 1.29 is 13.5 Å². The molecule has 0 aromatic rings. The van der Waals surface area contributed by atoms with E-state index < -0.39 is 14.6 Å². The quantitative estimate of drug-likeness (QED) is 0.758. The molecule has 1 aliphatic carbocycles. The van der Waals surface area contributed by atoms with Crippen LogP contribution in [0.3, 0.4) is 0 Å². The summed E-state index contributed by atoms with van der Waals surface area (Å²) in [6, 6.07) is 0.165. The molecule has 0 bridgehead atoms. The lowest BCUT2D eigenvalue weighted by Crippen LogP contribution is -2.58. The van der Waals surface area contributed by atoms with Crippen molar-refractivity contribution >= 4 is 9.84 Å². The Balaban J connectivity index is 2.10. The summed E-state index contributed by atoms with van der Waals surface area (Å²) >= 11 is 0. The molecular formula is C12H23NO3S. The molecule has 2 rings (SSSR count). The highest BCUT2D eigenvalue weighted by molar-refractivity contribution is 7.92. The van der Waals surface area contributed by atoms with Gasteiger partial charge in [-0.15, -0.1) is 0 Å². The zero-order valence-electron chi connectivity index (χ0n) is 10.7. The molecule has 0 radical (unpaired) electrons. The Morgan fingerprint density at radius 3 is 2.47 bits per heavy atom. The summed E-state index contributed by atoms with van der Waals surface area (Å²) in [6.45, 7) is 4.72. The zero-order chi connectivity index (χ0) is 12.7. The summed E-state index contributed by atoms with van der Waals surface area (Å²) in [5.41, 5.74) is 0. The van der Waals surface area contributed by atoms with E-state index in [9.17, 15) is 13.5 Å². The minimum atomic E-state index is -2.97. The minimum Gasteiger partial charge on any atom is -0.391 e. The largest absolute Gasteiger partial charge is 0.391 e. The second-order valence-corrected chi connectivity index (χ2v) is 8.71. The second-order valence-electron chi connectivity index (χ2n) is 5.97. The zero-order valence-corrected chi connectivity index (χ0v) is 11.5. The Labute approximate surface area is 104 Å². The fourth-order valence-corrected chi connectivity index (χ4v) is 4.37. The number of hydrogen-bond donors (Lipinski definition) is 1. The first-order chi connectivity index (χ1) is 7.83. The van der Waals surface area contributed by atoms with Crippen LogP contribution in [0.15, 0.2) is 0 Å². The van der Waals surface area contributed by atoms with Crippen molar-refractivity contribution in [1.29, 1.82) is 0 Å². The van der Waals surface area contributed by atoms with Crippen LogP contribution in [0.2, 0.25) is 0 Å². The third kappa shape index (κ3) is 2.51. The van der Waals surface area contributed by atoms with Crippen molar-refractivity contribution in [2.24, 2.45) is 0 Å². The summed E-state index contributed by atoms with van der Waals surface area (Å²) in [6.07, 6.45) is 3.81. The van der Waals surface area contributed by atoms with E-state index >= 15 is 0 Å². The van der Waals surface area contributed by atoms with Crippen LogP contribution in [0.1, 0.15) is 39.5 Å². The number of nitrogens with zero attached hydrogens (tertiary/aromatic N) is 1. The minimum absolute atomic E-state index is 0.165. The van der Waals surface area contributed by atoms with Crippen LogP contribution >= 0.6 is 0 Å². The van der Waals surface area contributed by atoms with Crippen molar-refractivity contribution in [2.45, 2.75) is 56.4 Å². The van der Waals surface area contributed by atoms with Gasteiger partial charge in [-0.05, 0) is 26.7 Å². The third-order valence-corrected chi connectivity index (χ3v) is 6.77. The van der Waals surface area contributed by atoms with Gasteiger partial charge in [0.25, 0.3) is 0 Å². The fraction of sp³-hybridized carbons (Fsp3) is 1.00. The first kappa shape index (κ1) is 13.3. The lowest BCUT2D eigenvalue weighted by Gasteiger charge is -2.44. The van der Waals surface area contributed by atoms with Crippen LogP contribution in [0.25, 0.3) is 0 Å². The molecule has 2 unspecified atom stereocenters. The van der Waals surface area contributed by atoms with Crippen LogP contribution in [0.5, 0.6) is 0 Å². The Morgan fingerprint density at radius 1 is 1.24 bits per heavy atom. The maximum atomic E-state index is 11.9. The van der Waals surface area contributed by atoms with Gasteiger partial charge in [0.2, 0.25) is 0 Å². The lowest BCUT2D eigenvalue weighted by atomic mass is 9.91. The van der Waals surface area contributed by atoms with Gasteiger partial charge in [-0.2, -0.15) is 0 Å². The van der Waals surface area contributed by atoms with E-state index in [2.05, 4.69) is 4.90 Å². The molecule has 0 spiro atoms. The molecule has 1 heterocycles. The molecule has 1 saturated heterocycles. The van der Waals surface area contributed by atoms with E-state index in [-0.39, 0.29) is 17.9 Å². The monoisotopic (exact) mass is 261 g/mol. The third-order valence-electron chi connectivity index (χ3n) is 4.24. The highest BCUT2D eigenvalue weighted by Gasteiger charge is 2.43. The molecule has 5 heteroatoms. The first-order valence-corrected chi connectivity index (χ1v) is 8.13. The van der Waals surface area contributed by atoms with Crippen molar-refractivity contribution in [2.75, 3.05) is 18.8 Å². The Bertz CT molecular complexity index is 377. The van der Waals surface area contributed by atoms with Gasteiger partial charge in [0, 0.05) is 19.1 Å². The molecule has 1 aliphatic heterocycles. The number of sulfone groups is 1. The van der Waals surface area contributed by atoms with Crippen LogP contribution in [-0.4, -0.2) is 54.2 Å². The number of hydrogen-bond acceptors (Lipinski definition) is 4. The van der Waals surface area contributed by atoms with Crippen LogP contribution in [-0.2, 0) is 9.84 Å². The average Bonchev–Trinajstić information content (AvgIpc) is 2.23. The highest BCUT2D eigenvalue weighted by Crippen LogP contribution is 2.30. The summed E-state index contributed by atoms with van der Waals surface area (Å²) in [4.78, 5) is 2.19. The first-order valence-electron chi connectivity index (χ1n) is 6.48. The smallest absolute Gasteiger partial charge is 0.157 e. The molecule has 0 amide bonds. The maximum Gasteiger partial charge on any atom is 0.157 e. The molecule has 0 aromatic carbocycles. The molecule has 1 saturated carbocycles. The SMILES string of the molecule is CC1(C)CN(C2CCCCC2O)CCS1(=O)=O. The topological polar surface area (TPSA) is 57.6 Å². The van der Waals surface area contributed by atoms with Crippen LogP contribution in [0.4, 0.5) is 0 Å². The second kappa shape index (κ2) is 4.52. The van der Waals surface area contributed by atoms with Crippen molar-refractivity contribution in [3.63, 3.8) is 0 Å². The molecule has 2 aliphatic rings. The predicted octanol–water partition coefficient (Wildman–Crippen LogP) is 0.799. The Hall–Kier alpha value is -0.130. The normalized spacial score (nSPS) is 37.8. The van der Waals surface area contributed by atoms with Crippen LogP contribution in [0, 0.1) is 0 Å². The molecule has 2 atom stereocenters. The van der Waals surface area contributed by atoms with E-state index in [0.29, 0.717) is 13.1 Å². The lowest BCUT2D eigenvalue weighted by molar-refractivity contribution is 0.0165. The van der Waals surface area contributed by atoms with Gasteiger partial charge in [-0.1, -0.05) is 12.8 Å². The summed E-state index contributed by atoms with van der Waals surface area (Å²) < 4.78 is 23.2. The summed E-state index contributed by atoms with van der Waals surface area (Å²) in [5.74, 6) is 0.225. The standard InChI is InChI=1S/C12H23NO3S/c1-12(2)9-13(7-8-17(12,15)16)10-5-3-4-6-11(10)14/h10-11,14H,3-9H2,1-2H3. The van der Waals surface area contributed by atoms with Gasteiger partial charge in [0.1, 0.15) is 0 Å². The van der Waals surface area contributed by atoms with Gasteiger partial charge >= 0.3 is 0 Å². The van der Waals surface area contributed by atoms with Gasteiger partial charge in [-0.25, -0.2) is 8.42 Å². The van der Waals surface area contributed by atoms with Gasteiger partial charge in [0.15, 0.2) is 9.84 Å². The molecule has 2 fully saturated rings. The Kier molecular flexibility index (Phi) is 3.54. The van der Waals surface area contributed by atoms with E-state index in [0.717, 1.165) is 25.7 Å². The predicted molar refractivity (Wildman–Crippen MR) is 67.7 cm³/mol. The van der Waals surface area contributed by atoms with Gasteiger partial charge in [0.05, 0.1) is 16.6 Å². The fourth-order valence-electron chi connectivity index (χ4n) is 2.98. The van der Waals surface area contributed by atoms with E-state index in [1.54, 1.807) is 13.8 Å². The molecule has 0 aromatic heterocycles. The summed E-state index contributed by atoms with van der Waals surface area (Å²) in [5, 5.41) is 10.0. The molecule has 4 nitrogen and oxygen atoms in total. The maximum absolute atomic E-state index is 11.9. The van der Waals surface area contributed by atoms with E-state index in [4.69, 9.17) is 0 Å².